The lowest BCUT2D eigenvalue weighted by atomic mass is 10.1. The molecule has 28 heavy (non-hydrogen) atoms. The van der Waals surface area contributed by atoms with Gasteiger partial charge >= 0.3 is 5.97 Å². The second-order valence-electron chi connectivity index (χ2n) is 6.15. The predicted octanol–water partition coefficient (Wildman–Crippen LogP) is 5.71. The third kappa shape index (κ3) is 5.89. The highest BCUT2D eigenvalue weighted by atomic mass is 35.5. The van der Waals surface area contributed by atoms with E-state index >= 15 is 0 Å². The molecule has 0 spiro atoms. The second kappa shape index (κ2) is 10.5. The molecule has 2 aromatic rings. The number of ether oxygens (including phenoxy) is 2. The molecular weight excluding hydrogens is 448 g/mol. The average Bonchev–Trinajstić information content (AvgIpc) is 2.64. The molecule has 0 aliphatic carbocycles. The standard InChI is InChI=1S/C19H18Cl3NO4.ClH/c20-13-2-1-3-14(21)19(13)27-16-5-4-12(10-15(16)22)17-11-23(8-9-26-17)7-6-18(24)25;/h1-5,10,17H,6-9,11H2,(H,24,25);1H. The summed E-state index contributed by atoms with van der Waals surface area (Å²) >= 11 is 18.7. The molecule has 1 N–H and O–H groups in total. The van der Waals surface area contributed by atoms with Crippen LogP contribution in [0.3, 0.4) is 0 Å². The molecule has 1 fully saturated rings. The smallest absolute Gasteiger partial charge is 0.304 e. The van der Waals surface area contributed by atoms with Gasteiger partial charge in [-0.1, -0.05) is 46.9 Å². The summed E-state index contributed by atoms with van der Waals surface area (Å²) in [4.78, 5) is 12.8. The number of benzene rings is 2. The van der Waals surface area contributed by atoms with Gasteiger partial charge in [-0.05, 0) is 29.8 Å². The highest BCUT2D eigenvalue weighted by Gasteiger charge is 2.23. The van der Waals surface area contributed by atoms with E-state index in [1.165, 1.54) is 0 Å². The normalized spacial score (nSPS) is 17.0. The number of rotatable bonds is 6. The molecule has 1 heterocycles. The monoisotopic (exact) mass is 465 g/mol. The van der Waals surface area contributed by atoms with Gasteiger partial charge < -0.3 is 14.6 Å². The van der Waals surface area contributed by atoms with Crippen LogP contribution >= 0.6 is 47.2 Å². The van der Waals surface area contributed by atoms with Crippen LogP contribution in [0.5, 0.6) is 11.5 Å². The number of halogens is 4. The van der Waals surface area contributed by atoms with Crippen molar-refractivity contribution in [3.63, 3.8) is 0 Å². The summed E-state index contributed by atoms with van der Waals surface area (Å²) in [5, 5.41) is 10.0. The number of morpholine rings is 1. The molecule has 3 rings (SSSR count). The van der Waals surface area contributed by atoms with Gasteiger partial charge in [0.1, 0.15) is 5.75 Å². The van der Waals surface area contributed by atoms with Gasteiger partial charge in [0.25, 0.3) is 0 Å². The van der Waals surface area contributed by atoms with Crippen molar-refractivity contribution in [3.8, 4) is 11.5 Å². The molecular formula is C19H19Cl4NO4. The zero-order chi connectivity index (χ0) is 19.4. The Hall–Kier alpha value is -1.21. The Bertz CT molecular complexity index is 813. The Kier molecular flexibility index (Phi) is 8.68. The molecule has 0 bridgehead atoms. The van der Waals surface area contributed by atoms with E-state index in [-0.39, 0.29) is 24.9 Å². The minimum Gasteiger partial charge on any atom is -0.481 e. The summed E-state index contributed by atoms with van der Waals surface area (Å²) in [5.74, 6) is -0.0148. The largest absolute Gasteiger partial charge is 0.481 e. The van der Waals surface area contributed by atoms with E-state index in [4.69, 9.17) is 49.4 Å². The van der Waals surface area contributed by atoms with E-state index in [2.05, 4.69) is 4.90 Å². The summed E-state index contributed by atoms with van der Waals surface area (Å²) in [5.41, 5.74) is 0.901. The molecule has 9 heteroatoms. The van der Waals surface area contributed by atoms with Crippen molar-refractivity contribution in [3.05, 3.63) is 57.0 Å². The third-order valence-corrected chi connectivity index (χ3v) is 5.14. The van der Waals surface area contributed by atoms with Gasteiger partial charge in [0.05, 0.1) is 34.2 Å². The number of hydrogen-bond donors (Lipinski definition) is 1. The van der Waals surface area contributed by atoms with Crippen LogP contribution in [-0.2, 0) is 9.53 Å². The van der Waals surface area contributed by atoms with Crippen molar-refractivity contribution >= 4 is 53.2 Å². The van der Waals surface area contributed by atoms with E-state index < -0.39 is 5.97 Å². The van der Waals surface area contributed by atoms with Gasteiger partial charge in [-0.15, -0.1) is 12.4 Å². The minimum absolute atomic E-state index is 0. The summed E-state index contributed by atoms with van der Waals surface area (Å²) in [6, 6.07) is 10.5. The van der Waals surface area contributed by atoms with Crippen LogP contribution in [0.2, 0.25) is 15.1 Å². The van der Waals surface area contributed by atoms with E-state index in [0.29, 0.717) is 52.8 Å². The van der Waals surface area contributed by atoms with Crippen molar-refractivity contribution in [1.29, 1.82) is 0 Å². The summed E-state index contributed by atoms with van der Waals surface area (Å²) in [6.07, 6.45) is -0.0678. The molecule has 1 saturated heterocycles. The van der Waals surface area contributed by atoms with Gasteiger partial charge in [0, 0.05) is 19.6 Å². The molecule has 1 unspecified atom stereocenters. The van der Waals surface area contributed by atoms with Gasteiger partial charge in [-0.2, -0.15) is 0 Å². The van der Waals surface area contributed by atoms with Crippen molar-refractivity contribution in [2.45, 2.75) is 12.5 Å². The molecule has 0 saturated carbocycles. The van der Waals surface area contributed by atoms with Crippen LogP contribution < -0.4 is 4.74 Å². The minimum atomic E-state index is -0.805. The first kappa shape index (κ1) is 23.1. The summed E-state index contributed by atoms with van der Waals surface area (Å²) < 4.78 is 11.6. The second-order valence-corrected chi connectivity index (χ2v) is 7.37. The van der Waals surface area contributed by atoms with Crippen LogP contribution in [0.25, 0.3) is 0 Å². The maximum absolute atomic E-state index is 10.8. The molecule has 0 amide bonds. The maximum atomic E-state index is 10.8. The Morgan fingerprint density at radius 2 is 1.89 bits per heavy atom. The van der Waals surface area contributed by atoms with Gasteiger partial charge in [0.2, 0.25) is 0 Å². The number of hydrogen-bond acceptors (Lipinski definition) is 4. The van der Waals surface area contributed by atoms with E-state index in [0.717, 1.165) is 5.56 Å². The van der Waals surface area contributed by atoms with Crippen molar-refractivity contribution < 1.29 is 19.4 Å². The first-order valence-electron chi connectivity index (χ1n) is 8.41. The first-order chi connectivity index (χ1) is 12.9. The van der Waals surface area contributed by atoms with Crippen LogP contribution in [0.4, 0.5) is 0 Å². The lowest BCUT2D eigenvalue weighted by Gasteiger charge is -2.33. The summed E-state index contributed by atoms with van der Waals surface area (Å²) in [7, 11) is 0. The molecule has 1 aliphatic rings. The van der Waals surface area contributed by atoms with Crippen LogP contribution in [0.1, 0.15) is 18.1 Å². The van der Waals surface area contributed by atoms with Gasteiger partial charge in [0.15, 0.2) is 5.75 Å². The van der Waals surface area contributed by atoms with E-state index in [1.54, 1.807) is 30.3 Å². The zero-order valence-electron chi connectivity index (χ0n) is 14.7. The zero-order valence-corrected chi connectivity index (χ0v) is 17.8. The Morgan fingerprint density at radius 3 is 2.54 bits per heavy atom. The SMILES string of the molecule is Cl.O=C(O)CCN1CCOC(c2ccc(Oc3c(Cl)cccc3Cl)c(Cl)c2)C1. The van der Waals surface area contributed by atoms with Gasteiger partial charge in [-0.3, -0.25) is 9.69 Å². The molecule has 152 valence electrons. The number of nitrogens with zero attached hydrogens (tertiary/aromatic N) is 1. The predicted molar refractivity (Wildman–Crippen MR) is 113 cm³/mol. The molecule has 2 aromatic carbocycles. The fourth-order valence-electron chi connectivity index (χ4n) is 2.85. The average molecular weight is 467 g/mol. The first-order valence-corrected chi connectivity index (χ1v) is 9.54. The van der Waals surface area contributed by atoms with Crippen molar-refractivity contribution in [2.24, 2.45) is 0 Å². The molecule has 1 aliphatic heterocycles. The van der Waals surface area contributed by atoms with E-state index in [9.17, 15) is 4.79 Å². The number of carboxylic acids is 1. The number of carbonyl (C=O) groups is 1. The quantitative estimate of drug-likeness (QED) is 0.590. The lowest BCUT2D eigenvalue weighted by Crippen LogP contribution is -2.39. The van der Waals surface area contributed by atoms with Crippen LogP contribution in [0.15, 0.2) is 36.4 Å². The highest BCUT2D eigenvalue weighted by Crippen LogP contribution is 2.39. The fraction of sp³-hybridized carbons (Fsp3) is 0.316. The number of carboxylic acid groups (broad SMARTS) is 1. The maximum Gasteiger partial charge on any atom is 0.304 e. The molecule has 0 aromatic heterocycles. The topological polar surface area (TPSA) is 59.0 Å². The van der Waals surface area contributed by atoms with Gasteiger partial charge in [-0.25, -0.2) is 0 Å². The van der Waals surface area contributed by atoms with Crippen LogP contribution in [0, 0.1) is 0 Å². The Balaban J connectivity index is 0.00000280. The van der Waals surface area contributed by atoms with E-state index in [1.807, 2.05) is 6.07 Å². The number of para-hydroxylation sites is 1. The lowest BCUT2D eigenvalue weighted by molar-refractivity contribution is -0.137. The Labute approximate surface area is 184 Å². The third-order valence-electron chi connectivity index (χ3n) is 4.25. The highest BCUT2D eigenvalue weighted by molar-refractivity contribution is 6.37. The van der Waals surface area contributed by atoms with Crippen LogP contribution in [-0.4, -0.2) is 42.2 Å². The number of aliphatic carboxylic acids is 1. The Morgan fingerprint density at radius 1 is 1.18 bits per heavy atom. The van der Waals surface area contributed by atoms with Crippen molar-refractivity contribution in [2.75, 3.05) is 26.2 Å². The molecule has 1 atom stereocenters. The summed E-state index contributed by atoms with van der Waals surface area (Å²) in [6.45, 7) is 2.36. The van der Waals surface area contributed by atoms with Crippen molar-refractivity contribution in [1.82, 2.24) is 4.90 Å². The fourth-order valence-corrected chi connectivity index (χ4v) is 3.55. The molecule has 0 radical (unpaired) electrons. The molecule has 5 nitrogen and oxygen atoms in total.